The van der Waals surface area contributed by atoms with E-state index in [1.165, 1.54) is 0 Å². The van der Waals surface area contributed by atoms with Crippen LogP contribution in [0.3, 0.4) is 0 Å². The first-order valence-corrected chi connectivity index (χ1v) is 11.6. The second-order valence-corrected chi connectivity index (χ2v) is 9.53. The van der Waals surface area contributed by atoms with Crippen LogP contribution >= 0.6 is 24.0 Å². The first-order valence-electron chi connectivity index (χ1n) is 11.6. The van der Waals surface area contributed by atoms with Gasteiger partial charge in [-0.25, -0.2) is 4.79 Å². The number of likely N-dealkylation sites (tertiary alicyclic amines) is 1. The van der Waals surface area contributed by atoms with Crippen LogP contribution in [0.2, 0.25) is 0 Å². The van der Waals surface area contributed by atoms with Gasteiger partial charge >= 0.3 is 6.09 Å². The highest BCUT2D eigenvalue weighted by molar-refractivity contribution is 14.0. The standard InChI is InChI=1S/C24H37N5O3.HI/c1-24(2,3)32-23(31)28-14-11-19(12-15-28)17-27-22(25-4)26-16-18-7-9-20(10-8-18)29-13-5-6-21(29)30;/h7-10,19H,5-6,11-17H2,1-4H3,(H2,25,26,27);1H. The van der Waals surface area contributed by atoms with Gasteiger partial charge in [0.05, 0.1) is 0 Å². The number of aliphatic imine (C=N–C) groups is 1. The molecule has 0 aliphatic carbocycles. The highest BCUT2D eigenvalue weighted by atomic mass is 127. The number of nitrogens with one attached hydrogen (secondary N) is 2. The van der Waals surface area contributed by atoms with Gasteiger partial charge in [-0.3, -0.25) is 9.79 Å². The molecule has 0 atom stereocenters. The fourth-order valence-electron chi connectivity index (χ4n) is 4.01. The van der Waals surface area contributed by atoms with Crippen LogP contribution < -0.4 is 15.5 Å². The Hall–Kier alpha value is -2.04. The van der Waals surface area contributed by atoms with E-state index in [9.17, 15) is 9.59 Å². The van der Waals surface area contributed by atoms with Crippen molar-refractivity contribution < 1.29 is 14.3 Å². The van der Waals surface area contributed by atoms with E-state index in [-0.39, 0.29) is 36.0 Å². The zero-order chi connectivity index (χ0) is 23.1. The summed E-state index contributed by atoms with van der Waals surface area (Å²) in [5.74, 6) is 1.46. The molecule has 2 fully saturated rings. The number of halogens is 1. The normalized spacial score (nSPS) is 17.6. The molecule has 0 unspecified atom stereocenters. The lowest BCUT2D eigenvalue weighted by Crippen LogP contribution is -2.45. The van der Waals surface area contributed by atoms with Crippen LogP contribution in [0.4, 0.5) is 10.5 Å². The zero-order valence-corrected chi connectivity index (χ0v) is 22.6. The average Bonchev–Trinajstić information content (AvgIpc) is 3.19. The molecule has 2 N–H and O–H groups in total. The summed E-state index contributed by atoms with van der Waals surface area (Å²) in [6.45, 7) is 9.40. The zero-order valence-electron chi connectivity index (χ0n) is 20.2. The lowest BCUT2D eigenvalue weighted by Gasteiger charge is -2.33. The molecule has 33 heavy (non-hydrogen) atoms. The molecule has 8 nitrogen and oxygen atoms in total. The lowest BCUT2D eigenvalue weighted by atomic mass is 9.97. The van der Waals surface area contributed by atoms with Crippen LogP contribution in [-0.2, 0) is 16.1 Å². The van der Waals surface area contributed by atoms with E-state index in [1.54, 1.807) is 11.9 Å². The van der Waals surface area contributed by atoms with Gasteiger partial charge in [-0.05, 0) is 63.6 Å². The van der Waals surface area contributed by atoms with Crippen molar-refractivity contribution in [1.29, 1.82) is 0 Å². The summed E-state index contributed by atoms with van der Waals surface area (Å²) in [6.07, 6.45) is 3.25. The Bertz CT molecular complexity index is 814. The van der Waals surface area contributed by atoms with Crippen LogP contribution in [0.1, 0.15) is 52.0 Å². The average molecular weight is 572 g/mol. The molecule has 2 heterocycles. The number of benzene rings is 1. The van der Waals surface area contributed by atoms with Crippen LogP contribution in [0.5, 0.6) is 0 Å². The van der Waals surface area contributed by atoms with Gasteiger partial charge in [0.15, 0.2) is 5.96 Å². The monoisotopic (exact) mass is 571 g/mol. The number of anilines is 1. The third kappa shape index (κ3) is 8.35. The number of carbonyl (C=O) groups excluding carboxylic acids is 2. The molecule has 184 valence electrons. The Morgan fingerprint density at radius 3 is 2.33 bits per heavy atom. The van der Waals surface area contributed by atoms with E-state index in [0.717, 1.165) is 62.7 Å². The molecule has 2 aliphatic heterocycles. The number of ether oxygens (including phenoxy) is 1. The molecule has 0 spiro atoms. The topological polar surface area (TPSA) is 86.3 Å². The number of nitrogens with zero attached hydrogens (tertiary/aromatic N) is 3. The minimum atomic E-state index is -0.459. The fourth-order valence-corrected chi connectivity index (χ4v) is 4.01. The molecule has 9 heteroatoms. The van der Waals surface area contributed by atoms with Crippen LogP contribution in [-0.4, -0.2) is 61.7 Å². The summed E-state index contributed by atoms with van der Waals surface area (Å²) >= 11 is 0. The van der Waals surface area contributed by atoms with Gasteiger partial charge in [0, 0.05) is 51.9 Å². The molecule has 2 saturated heterocycles. The van der Waals surface area contributed by atoms with Crippen LogP contribution in [0.15, 0.2) is 29.3 Å². The van der Waals surface area contributed by atoms with Crippen molar-refractivity contribution in [3.05, 3.63) is 29.8 Å². The molecular formula is C24H38IN5O3. The van der Waals surface area contributed by atoms with E-state index >= 15 is 0 Å². The van der Waals surface area contributed by atoms with Gasteiger partial charge in [-0.15, -0.1) is 24.0 Å². The Kier molecular flexibility index (Phi) is 10.2. The third-order valence-electron chi connectivity index (χ3n) is 5.83. The second-order valence-electron chi connectivity index (χ2n) is 9.53. The first-order chi connectivity index (χ1) is 15.2. The lowest BCUT2D eigenvalue weighted by molar-refractivity contribution is -0.117. The van der Waals surface area contributed by atoms with Crippen molar-refractivity contribution in [2.75, 3.05) is 38.1 Å². The fraction of sp³-hybridized carbons (Fsp3) is 0.625. The number of rotatable bonds is 5. The van der Waals surface area contributed by atoms with E-state index in [0.29, 0.717) is 18.9 Å². The predicted molar refractivity (Wildman–Crippen MR) is 142 cm³/mol. The maximum absolute atomic E-state index is 12.2. The number of piperidine rings is 1. The maximum Gasteiger partial charge on any atom is 0.410 e. The number of hydrogen-bond donors (Lipinski definition) is 2. The van der Waals surface area contributed by atoms with Gasteiger partial charge in [-0.2, -0.15) is 0 Å². The Morgan fingerprint density at radius 2 is 1.79 bits per heavy atom. The Labute approximate surface area is 214 Å². The predicted octanol–water partition coefficient (Wildman–Crippen LogP) is 3.74. The van der Waals surface area contributed by atoms with Gasteiger partial charge < -0.3 is 25.2 Å². The molecule has 1 aromatic rings. The van der Waals surface area contributed by atoms with Gasteiger partial charge in [-0.1, -0.05) is 12.1 Å². The summed E-state index contributed by atoms with van der Waals surface area (Å²) in [6, 6.07) is 8.12. The number of carbonyl (C=O) groups is 2. The van der Waals surface area contributed by atoms with Crippen molar-refractivity contribution in [1.82, 2.24) is 15.5 Å². The smallest absolute Gasteiger partial charge is 0.410 e. The summed E-state index contributed by atoms with van der Waals surface area (Å²) in [5, 5.41) is 6.75. The van der Waals surface area contributed by atoms with Crippen LogP contribution in [0, 0.1) is 5.92 Å². The van der Waals surface area contributed by atoms with E-state index in [1.807, 2.05) is 49.9 Å². The van der Waals surface area contributed by atoms with Crippen molar-refractivity contribution in [3.8, 4) is 0 Å². The molecule has 2 aliphatic rings. The molecule has 3 rings (SSSR count). The molecule has 0 aromatic heterocycles. The molecule has 2 amide bonds. The van der Waals surface area contributed by atoms with Gasteiger partial charge in [0.2, 0.25) is 5.91 Å². The summed E-state index contributed by atoms with van der Waals surface area (Å²) in [5.41, 5.74) is 1.64. The Balaban J connectivity index is 0.00000385. The number of guanidine groups is 1. The van der Waals surface area contributed by atoms with Crippen molar-refractivity contribution in [2.45, 2.75) is 58.6 Å². The molecule has 0 saturated carbocycles. The SMILES string of the molecule is CN=C(NCc1ccc(N2CCCC2=O)cc1)NCC1CCN(C(=O)OC(C)(C)C)CC1.I. The van der Waals surface area contributed by atoms with E-state index in [4.69, 9.17) is 4.74 Å². The van der Waals surface area contributed by atoms with Gasteiger partial charge in [0.25, 0.3) is 0 Å². The molecule has 0 radical (unpaired) electrons. The minimum absolute atomic E-state index is 0. The molecule has 1 aromatic carbocycles. The molecule has 0 bridgehead atoms. The number of hydrogen-bond acceptors (Lipinski definition) is 4. The molecular weight excluding hydrogens is 533 g/mol. The largest absolute Gasteiger partial charge is 0.444 e. The highest BCUT2D eigenvalue weighted by Gasteiger charge is 2.27. The van der Waals surface area contributed by atoms with Gasteiger partial charge in [0.1, 0.15) is 5.60 Å². The first kappa shape index (κ1) is 27.2. The summed E-state index contributed by atoms with van der Waals surface area (Å²) < 4.78 is 5.47. The second kappa shape index (κ2) is 12.4. The van der Waals surface area contributed by atoms with Crippen molar-refractivity contribution in [2.24, 2.45) is 10.9 Å². The third-order valence-corrected chi connectivity index (χ3v) is 5.83. The highest BCUT2D eigenvalue weighted by Crippen LogP contribution is 2.22. The number of amides is 2. The van der Waals surface area contributed by atoms with Crippen molar-refractivity contribution in [3.63, 3.8) is 0 Å². The minimum Gasteiger partial charge on any atom is -0.444 e. The maximum atomic E-state index is 12.2. The summed E-state index contributed by atoms with van der Waals surface area (Å²) in [4.78, 5) is 32.1. The van der Waals surface area contributed by atoms with Crippen LogP contribution in [0.25, 0.3) is 0 Å². The van der Waals surface area contributed by atoms with E-state index < -0.39 is 5.60 Å². The van der Waals surface area contributed by atoms with Crippen molar-refractivity contribution >= 4 is 47.6 Å². The summed E-state index contributed by atoms with van der Waals surface area (Å²) in [7, 11) is 1.77. The quantitative estimate of drug-likeness (QED) is 0.320. The van der Waals surface area contributed by atoms with E-state index in [2.05, 4.69) is 15.6 Å². The Morgan fingerprint density at radius 1 is 1.12 bits per heavy atom.